The zero-order valence-electron chi connectivity index (χ0n) is 11.3. The Hall–Kier alpha value is -1.59. The Bertz CT molecular complexity index is 418. The molecule has 1 rings (SSSR count). The molecule has 0 fully saturated rings. The van der Waals surface area contributed by atoms with E-state index in [0.29, 0.717) is 25.3 Å². The first kappa shape index (κ1) is 15.5. The van der Waals surface area contributed by atoms with Gasteiger partial charge in [-0.15, -0.1) is 0 Å². The van der Waals surface area contributed by atoms with Gasteiger partial charge in [-0.25, -0.2) is 4.79 Å². The van der Waals surface area contributed by atoms with Gasteiger partial charge in [-0.3, -0.25) is 0 Å². The van der Waals surface area contributed by atoms with E-state index in [-0.39, 0.29) is 17.7 Å². The lowest BCUT2D eigenvalue weighted by atomic mass is 10.0. The summed E-state index contributed by atoms with van der Waals surface area (Å²) in [4.78, 5) is 11.0. The van der Waals surface area contributed by atoms with Crippen molar-refractivity contribution in [1.29, 1.82) is 0 Å². The topological polar surface area (TPSA) is 78.8 Å². The maximum absolute atomic E-state index is 11.0. The van der Waals surface area contributed by atoms with E-state index in [1.807, 2.05) is 13.8 Å². The van der Waals surface area contributed by atoms with Gasteiger partial charge in [0.25, 0.3) is 0 Å². The van der Waals surface area contributed by atoms with Crippen LogP contribution in [0.4, 0.5) is 0 Å². The molecule has 3 N–H and O–H groups in total. The van der Waals surface area contributed by atoms with Crippen molar-refractivity contribution >= 4 is 5.97 Å². The van der Waals surface area contributed by atoms with E-state index in [2.05, 4.69) is 5.32 Å². The number of hydrogen-bond donors (Lipinski definition) is 3. The molecular formula is C14H21NO4. The second-order valence-corrected chi connectivity index (χ2v) is 4.93. The highest BCUT2D eigenvalue weighted by atomic mass is 16.5. The number of aliphatic hydroxyl groups is 1. The van der Waals surface area contributed by atoms with Crippen LogP contribution in [0.3, 0.4) is 0 Å². The molecule has 1 aromatic rings. The summed E-state index contributed by atoms with van der Waals surface area (Å²) in [5.74, 6) is -0.624. The Morgan fingerprint density at radius 3 is 2.68 bits per heavy atom. The third-order valence-corrected chi connectivity index (χ3v) is 2.82. The summed E-state index contributed by atoms with van der Waals surface area (Å²) in [6, 6.07) is 6.56. The highest BCUT2D eigenvalue weighted by Gasteiger charge is 2.15. The zero-order chi connectivity index (χ0) is 14.3. The van der Waals surface area contributed by atoms with Gasteiger partial charge in [0, 0.05) is 18.7 Å². The van der Waals surface area contributed by atoms with Crippen LogP contribution in [0.5, 0.6) is 5.75 Å². The van der Waals surface area contributed by atoms with E-state index in [9.17, 15) is 4.79 Å². The number of rotatable bonds is 8. The molecular weight excluding hydrogens is 246 g/mol. The van der Waals surface area contributed by atoms with E-state index in [1.54, 1.807) is 18.2 Å². The lowest BCUT2D eigenvalue weighted by Crippen LogP contribution is -2.42. The number of ether oxygens (including phenoxy) is 1. The number of para-hydroxylation sites is 1. The summed E-state index contributed by atoms with van der Waals surface area (Å²) in [6.07, 6.45) is 0.652. The molecule has 0 saturated heterocycles. The van der Waals surface area contributed by atoms with Crippen molar-refractivity contribution in [2.24, 2.45) is 0 Å². The van der Waals surface area contributed by atoms with Gasteiger partial charge in [-0.2, -0.15) is 0 Å². The van der Waals surface area contributed by atoms with Crippen LogP contribution in [0.15, 0.2) is 24.3 Å². The Morgan fingerprint density at radius 1 is 1.37 bits per heavy atom. The monoisotopic (exact) mass is 267 g/mol. The van der Waals surface area contributed by atoms with E-state index >= 15 is 0 Å². The van der Waals surface area contributed by atoms with Crippen molar-refractivity contribution < 1.29 is 19.7 Å². The van der Waals surface area contributed by atoms with Crippen molar-refractivity contribution in [3.63, 3.8) is 0 Å². The summed E-state index contributed by atoms with van der Waals surface area (Å²) in [5, 5.41) is 21.1. The number of nitrogens with one attached hydrogen (secondary N) is 1. The van der Waals surface area contributed by atoms with Crippen LogP contribution in [-0.4, -0.2) is 41.5 Å². The van der Waals surface area contributed by atoms with Gasteiger partial charge in [0.2, 0.25) is 0 Å². The Balaban J connectivity index is 2.44. The van der Waals surface area contributed by atoms with Crippen molar-refractivity contribution in [2.75, 3.05) is 19.8 Å². The van der Waals surface area contributed by atoms with Gasteiger partial charge in [0.15, 0.2) is 0 Å². The lowest BCUT2D eigenvalue weighted by molar-refractivity contribution is 0.0692. The Labute approximate surface area is 113 Å². The van der Waals surface area contributed by atoms with Crippen LogP contribution in [0.25, 0.3) is 0 Å². The lowest BCUT2D eigenvalue weighted by Gasteiger charge is -2.25. The highest BCUT2D eigenvalue weighted by molar-refractivity contribution is 5.90. The number of carboxylic acid groups (broad SMARTS) is 1. The van der Waals surface area contributed by atoms with Gasteiger partial charge >= 0.3 is 5.97 Å². The predicted molar refractivity (Wildman–Crippen MR) is 72.7 cm³/mol. The molecule has 0 aliphatic heterocycles. The standard InChI is InChI=1S/C14H21NO4/c1-14(2,7-9-16)15-8-10-19-12-6-4-3-5-11(12)13(17)18/h3-6,15-16H,7-10H2,1-2H3,(H,17,18). The molecule has 0 unspecified atom stereocenters. The van der Waals surface area contributed by atoms with Crippen molar-refractivity contribution in [2.45, 2.75) is 25.8 Å². The van der Waals surface area contributed by atoms with E-state index < -0.39 is 5.97 Å². The summed E-state index contributed by atoms with van der Waals surface area (Å²) in [7, 11) is 0. The maximum atomic E-state index is 11.0. The predicted octanol–water partition coefficient (Wildman–Crippen LogP) is 1.51. The molecule has 19 heavy (non-hydrogen) atoms. The summed E-state index contributed by atoms with van der Waals surface area (Å²) < 4.78 is 5.47. The van der Waals surface area contributed by atoms with Gasteiger partial charge in [-0.05, 0) is 32.4 Å². The second kappa shape index (κ2) is 7.11. The molecule has 0 heterocycles. The summed E-state index contributed by atoms with van der Waals surface area (Å²) >= 11 is 0. The number of benzene rings is 1. The number of carbonyl (C=O) groups is 1. The Morgan fingerprint density at radius 2 is 2.05 bits per heavy atom. The first-order chi connectivity index (χ1) is 8.96. The molecule has 106 valence electrons. The molecule has 0 spiro atoms. The molecule has 0 atom stereocenters. The van der Waals surface area contributed by atoms with E-state index in [4.69, 9.17) is 14.9 Å². The molecule has 5 heteroatoms. The second-order valence-electron chi connectivity index (χ2n) is 4.93. The number of carboxylic acids is 1. The molecule has 1 aromatic carbocycles. The first-order valence-corrected chi connectivity index (χ1v) is 6.27. The number of aliphatic hydroxyl groups excluding tert-OH is 1. The average molecular weight is 267 g/mol. The molecule has 0 aliphatic rings. The van der Waals surface area contributed by atoms with Crippen LogP contribution >= 0.6 is 0 Å². The number of aromatic carboxylic acids is 1. The van der Waals surface area contributed by atoms with E-state index in [1.165, 1.54) is 6.07 Å². The Kier molecular flexibility index (Phi) is 5.79. The quantitative estimate of drug-likeness (QED) is 0.622. The van der Waals surface area contributed by atoms with Crippen molar-refractivity contribution in [3.8, 4) is 5.75 Å². The third-order valence-electron chi connectivity index (χ3n) is 2.82. The normalized spacial score (nSPS) is 11.3. The average Bonchev–Trinajstić information content (AvgIpc) is 2.35. The fraction of sp³-hybridized carbons (Fsp3) is 0.500. The van der Waals surface area contributed by atoms with Crippen LogP contribution < -0.4 is 10.1 Å². The van der Waals surface area contributed by atoms with Crippen LogP contribution in [0.1, 0.15) is 30.6 Å². The van der Waals surface area contributed by atoms with Gasteiger partial charge in [0.05, 0.1) is 0 Å². The van der Waals surface area contributed by atoms with Gasteiger partial charge in [0.1, 0.15) is 17.9 Å². The minimum atomic E-state index is -0.996. The molecule has 0 saturated carbocycles. The molecule has 0 aromatic heterocycles. The third kappa shape index (κ3) is 5.28. The molecule has 5 nitrogen and oxygen atoms in total. The zero-order valence-corrected chi connectivity index (χ0v) is 11.3. The molecule has 0 amide bonds. The van der Waals surface area contributed by atoms with Crippen LogP contribution in [-0.2, 0) is 0 Å². The molecule has 0 bridgehead atoms. The fourth-order valence-electron chi connectivity index (χ4n) is 1.69. The SMILES string of the molecule is CC(C)(CCO)NCCOc1ccccc1C(=O)O. The molecule has 0 radical (unpaired) electrons. The number of hydrogen-bond acceptors (Lipinski definition) is 4. The minimum absolute atomic E-state index is 0.128. The van der Waals surface area contributed by atoms with Crippen LogP contribution in [0, 0.1) is 0 Å². The summed E-state index contributed by atoms with van der Waals surface area (Å²) in [6.45, 7) is 5.08. The first-order valence-electron chi connectivity index (χ1n) is 6.27. The largest absolute Gasteiger partial charge is 0.491 e. The molecule has 0 aliphatic carbocycles. The summed E-state index contributed by atoms with van der Waals surface area (Å²) in [5.41, 5.74) is 0.00172. The van der Waals surface area contributed by atoms with Gasteiger partial charge < -0.3 is 20.3 Å². The minimum Gasteiger partial charge on any atom is -0.491 e. The van der Waals surface area contributed by atoms with E-state index in [0.717, 1.165) is 0 Å². The van der Waals surface area contributed by atoms with Crippen molar-refractivity contribution in [3.05, 3.63) is 29.8 Å². The van der Waals surface area contributed by atoms with Crippen LogP contribution in [0.2, 0.25) is 0 Å². The fourth-order valence-corrected chi connectivity index (χ4v) is 1.69. The highest BCUT2D eigenvalue weighted by Crippen LogP contribution is 2.17. The van der Waals surface area contributed by atoms with Gasteiger partial charge in [-0.1, -0.05) is 12.1 Å². The smallest absolute Gasteiger partial charge is 0.339 e. The van der Waals surface area contributed by atoms with Crippen molar-refractivity contribution in [1.82, 2.24) is 5.32 Å². The maximum Gasteiger partial charge on any atom is 0.339 e.